The Morgan fingerprint density at radius 3 is 2.12 bits per heavy atom. The first-order chi connectivity index (χ1) is 10.9. The molecule has 1 heterocycles. The van der Waals surface area contributed by atoms with Crippen molar-refractivity contribution in [3.05, 3.63) is 22.2 Å². The zero-order valence-corrected chi connectivity index (χ0v) is 17.1. The van der Waals surface area contributed by atoms with E-state index >= 15 is 0 Å². The lowest BCUT2D eigenvalue weighted by Crippen LogP contribution is -2.46. The van der Waals surface area contributed by atoms with Crippen LogP contribution in [-0.4, -0.2) is 51.5 Å². The second kappa shape index (κ2) is 10.7. The van der Waals surface area contributed by atoms with Crippen LogP contribution in [0, 0.1) is 0 Å². The number of ether oxygens (including phenoxy) is 2. The third-order valence-electron chi connectivity index (χ3n) is 3.88. The fourth-order valence-electron chi connectivity index (χ4n) is 2.77. The number of hydrogen-bond donors (Lipinski definition) is 1. The van der Waals surface area contributed by atoms with Gasteiger partial charge in [-0.25, -0.2) is 0 Å². The number of rotatable bonds is 5. The minimum absolute atomic E-state index is 0. The van der Waals surface area contributed by atoms with Crippen LogP contribution in [0.3, 0.4) is 0 Å². The molecule has 0 spiro atoms. The average Bonchev–Trinajstić information content (AvgIpc) is 2.52. The molecule has 0 amide bonds. The maximum absolute atomic E-state index is 13.1. The molecule has 0 unspecified atom stereocenters. The third-order valence-corrected chi connectivity index (χ3v) is 4.57. The van der Waals surface area contributed by atoms with Gasteiger partial charge >= 0.3 is 6.18 Å². The number of halogens is 6. The molecule has 0 bridgehead atoms. The Kier molecular flexibility index (Phi) is 10.5. The Hall–Kier alpha value is -0.410. The topological polar surface area (TPSA) is 33.7 Å². The number of benzene rings is 1. The van der Waals surface area contributed by atoms with E-state index in [2.05, 4.69) is 21.2 Å². The van der Waals surface area contributed by atoms with Gasteiger partial charge in [0.15, 0.2) is 11.5 Å². The van der Waals surface area contributed by atoms with E-state index in [9.17, 15) is 13.2 Å². The maximum atomic E-state index is 13.1. The summed E-state index contributed by atoms with van der Waals surface area (Å²) in [6, 6.07) is 2.52. The molecule has 146 valence electrons. The molecule has 10 heteroatoms. The molecule has 0 radical (unpaired) electrons. The molecule has 25 heavy (non-hydrogen) atoms. The summed E-state index contributed by atoms with van der Waals surface area (Å²) >= 11 is 3.38. The van der Waals surface area contributed by atoms with Gasteiger partial charge in [0.25, 0.3) is 0 Å². The van der Waals surface area contributed by atoms with E-state index < -0.39 is 18.6 Å². The molecule has 1 saturated heterocycles. The van der Waals surface area contributed by atoms with Crippen molar-refractivity contribution in [2.24, 2.45) is 0 Å². The molecular formula is C15H22BrCl2F3N2O2. The van der Waals surface area contributed by atoms with Crippen LogP contribution in [0.4, 0.5) is 13.2 Å². The van der Waals surface area contributed by atoms with E-state index in [0.29, 0.717) is 47.7 Å². The normalized spacial score (nSPS) is 16.4. The Labute approximate surface area is 166 Å². The number of nitrogens with zero attached hydrogens (tertiary/aromatic N) is 1. The quantitative estimate of drug-likeness (QED) is 0.700. The van der Waals surface area contributed by atoms with Crippen molar-refractivity contribution < 1.29 is 22.6 Å². The van der Waals surface area contributed by atoms with E-state index in [1.54, 1.807) is 12.1 Å². The number of methoxy groups -OCH3 is 2. The summed E-state index contributed by atoms with van der Waals surface area (Å²) in [5.74, 6) is 0.905. The first-order valence-corrected chi connectivity index (χ1v) is 8.08. The SMILES string of the molecule is COc1cc(Br)c([C@H](CC(F)(F)F)N2CCNCC2)cc1OC.Cl.Cl. The predicted molar refractivity (Wildman–Crippen MR) is 99.6 cm³/mol. The number of hydrogen-bond acceptors (Lipinski definition) is 4. The van der Waals surface area contributed by atoms with Crippen LogP contribution in [0.5, 0.6) is 11.5 Å². The summed E-state index contributed by atoms with van der Waals surface area (Å²) in [7, 11) is 2.96. The number of alkyl halides is 3. The summed E-state index contributed by atoms with van der Waals surface area (Å²) < 4.78 is 50.3. The Morgan fingerprint density at radius 2 is 1.64 bits per heavy atom. The van der Waals surface area contributed by atoms with Crippen molar-refractivity contribution in [1.82, 2.24) is 10.2 Å². The molecule has 1 aromatic rings. The lowest BCUT2D eigenvalue weighted by molar-refractivity contribution is -0.148. The molecule has 1 N–H and O–H groups in total. The van der Waals surface area contributed by atoms with Crippen molar-refractivity contribution in [1.29, 1.82) is 0 Å². The Morgan fingerprint density at radius 1 is 1.12 bits per heavy atom. The van der Waals surface area contributed by atoms with E-state index in [0.717, 1.165) is 0 Å². The fourth-order valence-corrected chi connectivity index (χ4v) is 3.36. The molecule has 1 fully saturated rings. The molecule has 1 aliphatic rings. The predicted octanol–water partition coefficient (Wildman–Crippen LogP) is 4.21. The number of nitrogens with one attached hydrogen (secondary N) is 1. The van der Waals surface area contributed by atoms with Gasteiger partial charge in [-0.1, -0.05) is 15.9 Å². The van der Waals surface area contributed by atoms with E-state index in [4.69, 9.17) is 9.47 Å². The van der Waals surface area contributed by atoms with Crippen LogP contribution in [0.25, 0.3) is 0 Å². The van der Waals surface area contributed by atoms with Gasteiger partial charge in [-0.05, 0) is 17.7 Å². The van der Waals surface area contributed by atoms with Gasteiger partial charge in [0, 0.05) is 36.7 Å². The molecule has 1 atom stereocenters. The van der Waals surface area contributed by atoms with Crippen LogP contribution in [-0.2, 0) is 0 Å². The third kappa shape index (κ3) is 6.67. The van der Waals surface area contributed by atoms with Crippen molar-refractivity contribution in [3.63, 3.8) is 0 Å². The minimum Gasteiger partial charge on any atom is -0.493 e. The summed E-state index contributed by atoms with van der Waals surface area (Å²) in [5.41, 5.74) is 0.557. The summed E-state index contributed by atoms with van der Waals surface area (Å²) in [6.45, 7) is 2.50. The molecule has 0 aliphatic carbocycles. The van der Waals surface area contributed by atoms with Gasteiger partial charge in [0.1, 0.15) is 0 Å². The lowest BCUT2D eigenvalue weighted by atomic mass is 10.00. The van der Waals surface area contributed by atoms with Crippen molar-refractivity contribution in [2.45, 2.75) is 18.6 Å². The average molecular weight is 470 g/mol. The van der Waals surface area contributed by atoms with Crippen molar-refractivity contribution in [3.8, 4) is 11.5 Å². The fraction of sp³-hybridized carbons (Fsp3) is 0.600. The van der Waals surface area contributed by atoms with E-state index in [1.807, 2.05) is 4.90 Å². The van der Waals surface area contributed by atoms with Crippen molar-refractivity contribution >= 4 is 40.7 Å². The molecule has 0 saturated carbocycles. The van der Waals surface area contributed by atoms with Crippen molar-refractivity contribution in [2.75, 3.05) is 40.4 Å². The van der Waals surface area contributed by atoms with Crippen LogP contribution in [0.2, 0.25) is 0 Å². The second-order valence-electron chi connectivity index (χ2n) is 5.35. The zero-order chi connectivity index (χ0) is 17.0. The lowest BCUT2D eigenvalue weighted by Gasteiger charge is -2.36. The summed E-state index contributed by atoms with van der Waals surface area (Å²) in [4.78, 5) is 1.86. The van der Waals surface area contributed by atoms with Gasteiger partial charge in [0.2, 0.25) is 0 Å². The highest BCUT2D eigenvalue weighted by molar-refractivity contribution is 9.10. The number of piperazine rings is 1. The van der Waals surface area contributed by atoms with E-state index in [1.165, 1.54) is 14.2 Å². The Bertz CT molecular complexity index is 544. The molecule has 2 rings (SSSR count). The van der Waals surface area contributed by atoms with Crippen LogP contribution in [0.15, 0.2) is 16.6 Å². The van der Waals surface area contributed by atoms with Gasteiger partial charge in [-0.2, -0.15) is 13.2 Å². The highest BCUT2D eigenvalue weighted by atomic mass is 79.9. The van der Waals surface area contributed by atoms with Crippen LogP contribution < -0.4 is 14.8 Å². The van der Waals surface area contributed by atoms with Gasteiger partial charge < -0.3 is 14.8 Å². The first-order valence-electron chi connectivity index (χ1n) is 7.28. The largest absolute Gasteiger partial charge is 0.493 e. The second-order valence-corrected chi connectivity index (χ2v) is 6.20. The van der Waals surface area contributed by atoms with Crippen LogP contribution >= 0.6 is 40.7 Å². The molecule has 0 aromatic heterocycles. The summed E-state index contributed by atoms with van der Waals surface area (Å²) in [5, 5.41) is 3.16. The van der Waals surface area contributed by atoms with E-state index in [-0.39, 0.29) is 24.8 Å². The van der Waals surface area contributed by atoms with Gasteiger partial charge in [-0.3, -0.25) is 4.90 Å². The molecular weight excluding hydrogens is 448 g/mol. The molecule has 4 nitrogen and oxygen atoms in total. The first kappa shape index (κ1) is 24.6. The van der Waals surface area contributed by atoms with Gasteiger partial charge in [-0.15, -0.1) is 24.8 Å². The molecule has 1 aliphatic heterocycles. The smallest absolute Gasteiger partial charge is 0.390 e. The highest BCUT2D eigenvalue weighted by Crippen LogP contribution is 2.41. The monoisotopic (exact) mass is 468 g/mol. The maximum Gasteiger partial charge on any atom is 0.390 e. The minimum atomic E-state index is -4.25. The standard InChI is InChI=1S/C15H20BrF3N2O2.2ClH/c1-22-13-7-10(11(16)8-14(13)23-2)12(9-15(17,18)19)21-5-3-20-4-6-21;;/h7-8,12,20H,3-6,9H2,1-2H3;2*1H/t12-;;/m0../s1. The summed E-state index contributed by atoms with van der Waals surface area (Å²) in [6.07, 6.45) is -5.15. The molecule has 1 aromatic carbocycles. The highest BCUT2D eigenvalue weighted by Gasteiger charge is 2.37. The Balaban J connectivity index is 0.00000288. The zero-order valence-electron chi connectivity index (χ0n) is 13.9. The van der Waals surface area contributed by atoms with Crippen LogP contribution in [0.1, 0.15) is 18.0 Å². The van der Waals surface area contributed by atoms with Gasteiger partial charge in [0.05, 0.1) is 20.6 Å².